The van der Waals surface area contributed by atoms with Gasteiger partial charge in [-0.1, -0.05) is 48.6 Å². The van der Waals surface area contributed by atoms with Gasteiger partial charge in [0.05, 0.1) is 0 Å². The molecule has 0 aliphatic carbocycles. The Morgan fingerprint density at radius 1 is 1.15 bits per heavy atom. The van der Waals surface area contributed by atoms with Crippen LogP contribution in [0.2, 0.25) is 0 Å². The summed E-state index contributed by atoms with van der Waals surface area (Å²) in [7, 11) is 0. The van der Waals surface area contributed by atoms with Gasteiger partial charge in [-0.3, -0.25) is 0 Å². The third-order valence-corrected chi connectivity index (χ3v) is 1.43. The van der Waals surface area contributed by atoms with Gasteiger partial charge in [0.25, 0.3) is 0 Å². The number of hydrogen-bond acceptors (Lipinski definition) is 0. The number of benzene rings is 1. The molecule has 0 heterocycles. The van der Waals surface area contributed by atoms with Crippen LogP contribution in [0, 0.1) is 0 Å². The topological polar surface area (TPSA) is 0 Å². The molecule has 13 heavy (non-hydrogen) atoms. The SMILES string of the molecule is C=CC.CC=CCc1ccccc1. The van der Waals surface area contributed by atoms with Crippen LogP contribution in [-0.2, 0) is 6.42 Å². The lowest BCUT2D eigenvalue weighted by molar-refractivity contribution is 1.26. The highest BCUT2D eigenvalue weighted by atomic mass is 13.9. The van der Waals surface area contributed by atoms with Gasteiger partial charge in [0.1, 0.15) is 0 Å². The molecule has 0 atom stereocenters. The summed E-state index contributed by atoms with van der Waals surface area (Å²) in [6.45, 7) is 7.29. The molecular weight excluding hydrogens is 156 g/mol. The summed E-state index contributed by atoms with van der Waals surface area (Å²) in [5, 5.41) is 0. The van der Waals surface area contributed by atoms with E-state index in [0.717, 1.165) is 6.42 Å². The summed E-state index contributed by atoms with van der Waals surface area (Å²) in [6.07, 6.45) is 7.04. The fourth-order valence-corrected chi connectivity index (χ4v) is 0.868. The van der Waals surface area contributed by atoms with Crippen molar-refractivity contribution in [2.75, 3.05) is 0 Å². The van der Waals surface area contributed by atoms with Gasteiger partial charge in [-0.25, -0.2) is 0 Å². The van der Waals surface area contributed by atoms with Crippen molar-refractivity contribution < 1.29 is 0 Å². The zero-order chi connectivity index (χ0) is 9.94. The van der Waals surface area contributed by atoms with Gasteiger partial charge in [-0.2, -0.15) is 0 Å². The van der Waals surface area contributed by atoms with E-state index in [1.54, 1.807) is 6.08 Å². The van der Waals surface area contributed by atoms with Crippen LogP contribution in [0.5, 0.6) is 0 Å². The molecule has 0 spiro atoms. The monoisotopic (exact) mass is 174 g/mol. The molecule has 0 N–H and O–H groups in total. The highest BCUT2D eigenvalue weighted by Crippen LogP contribution is 1.99. The van der Waals surface area contributed by atoms with E-state index in [-0.39, 0.29) is 0 Å². The van der Waals surface area contributed by atoms with Crippen LogP contribution in [0.1, 0.15) is 19.4 Å². The van der Waals surface area contributed by atoms with Crippen LogP contribution in [0.15, 0.2) is 55.1 Å². The molecule has 1 aromatic carbocycles. The molecule has 1 rings (SSSR count). The number of rotatable bonds is 2. The smallest absolute Gasteiger partial charge is 0.00976 e. The molecule has 0 fully saturated rings. The molecular formula is C13H18. The first-order valence-corrected chi connectivity index (χ1v) is 4.57. The second-order valence-electron chi connectivity index (χ2n) is 2.67. The molecule has 0 amide bonds. The quantitative estimate of drug-likeness (QED) is 0.594. The van der Waals surface area contributed by atoms with Crippen molar-refractivity contribution in [2.24, 2.45) is 0 Å². The molecule has 0 aliphatic heterocycles. The van der Waals surface area contributed by atoms with Crippen LogP contribution >= 0.6 is 0 Å². The second-order valence-corrected chi connectivity index (χ2v) is 2.67. The molecule has 0 nitrogen and oxygen atoms in total. The normalized spacial score (nSPS) is 9.08. The Balaban J connectivity index is 0.000000424. The minimum absolute atomic E-state index is 1.05. The lowest BCUT2D eigenvalue weighted by Gasteiger charge is -1.92. The van der Waals surface area contributed by atoms with Gasteiger partial charge in [-0.05, 0) is 25.8 Å². The molecule has 0 heteroatoms. The predicted octanol–water partition coefficient (Wildman–Crippen LogP) is 4.00. The van der Waals surface area contributed by atoms with Gasteiger partial charge in [-0.15, -0.1) is 6.58 Å². The maximum atomic E-state index is 3.36. The lowest BCUT2D eigenvalue weighted by atomic mass is 10.1. The first-order valence-electron chi connectivity index (χ1n) is 4.57. The van der Waals surface area contributed by atoms with Crippen molar-refractivity contribution in [1.82, 2.24) is 0 Å². The average Bonchev–Trinajstić information content (AvgIpc) is 2.18. The third kappa shape index (κ3) is 7.07. The molecule has 0 aliphatic rings. The Bertz CT molecular complexity index is 231. The van der Waals surface area contributed by atoms with Crippen molar-refractivity contribution in [3.63, 3.8) is 0 Å². The van der Waals surface area contributed by atoms with Crippen LogP contribution in [0.25, 0.3) is 0 Å². The Kier molecular flexibility index (Phi) is 7.91. The molecule has 0 radical (unpaired) electrons. The molecule has 0 saturated carbocycles. The van der Waals surface area contributed by atoms with Crippen LogP contribution < -0.4 is 0 Å². The Labute approximate surface area is 81.6 Å². The highest BCUT2D eigenvalue weighted by molar-refractivity contribution is 5.17. The summed E-state index contributed by atoms with van der Waals surface area (Å²) in [5.74, 6) is 0. The van der Waals surface area contributed by atoms with Gasteiger partial charge < -0.3 is 0 Å². The van der Waals surface area contributed by atoms with Gasteiger partial charge in [0, 0.05) is 0 Å². The first kappa shape index (κ1) is 11.7. The first-order chi connectivity index (χ1) is 6.35. The van der Waals surface area contributed by atoms with E-state index >= 15 is 0 Å². The minimum Gasteiger partial charge on any atom is -0.103 e. The van der Waals surface area contributed by atoms with Crippen LogP contribution in [0.4, 0.5) is 0 Å². The minimum atomic E-state index is 1.05. The highest BCUT2D eigenvalue weighted by Gasteiger charge is 1.83. The summed E-state index contributed by atoms with van der Waals surface area (Å²) < 4.78 is 0. The van der Waals surface area contributed by atoms with E-state index in [1.807, 2.05) is 19.9 Å². The van der Waals surface area contributed by atoms with Crippen molar-refractivity contribution in [3.8, 4) is 0 Å². The van der Waals surface area contributed by atoms with E-state index in [4.69, 9.17) is 0 Å². The molecule has 70 valence electrons. The van der Waals surface area contributed by atoms with Crippen LogP contribution in [-0.4, -0.2) is 0 Å². The zero-order valence-electron chi connectivity index (χ0n) is 8.53. The number of hydrogen-bond donors (Lipinski definition) is 0. The van der Waals surface area contributed by atoms with Gasteiger partial charge in [0.2, 0.25) is 0 Å². The standard InChI is InChI=1S/C10H12.C3H6/c1-2-3-7-10-8-5-4-6-9-10;1-3-2/h2-6,8-9H,7H2,1H3;3H,1H2,2H3. The second kappa shape index (κ2) is 8.79. The van der Waals surface area contributed by atoms with Crippen molar-refractivity contribution in [1.29, 1.82) is 0 Å². The fraction of sp³-hybridized carbons (Fsp3) is 0.231. The summed E-state index contributed by atoms with van der Waals surface area (Å²) >= 11 is 0. The molecule has 0 bridgehead atoms. The summed E-state index contributed by atoms with van der Waals surface area (Å²) in [4.78, 5) is 0. The largest absolute Gasteiger partial charge is 0.103 e. The van der Waals surface area contributed by atoms with E-state index in [1.165, 1.54) is 5.56 Å². The van der Waals surface area contributed by atoms with E-state index in [9.17, 15) is 0 Å². The van der Waals surface area contributed by atoms with E-state index in [2.05, 4.69) is 43.0 Å². The van der Waals surface area contributed by atoms with Crippen LogP contribution in [0.3, 0.4) is 0 Å². The van der Waals surface area contributed by atoms with Gasteiger partial charge >= 0.3 is 0 Å². The lowest BCUT2D eigenvalue weighted by Crippen LogP contribution is -1.76. The maximum Gasteiger partial charge on any atom is -0.00976 e. The fourth-order valence-electron chi connectivity index (χ4n) is 0.868. The number of allylic oxidation sites excluding steroid dienone is 3. The maximum absolute atomic E-state index is 3.36. The van der Waals surface area contributed by atoms with E-state index < -0.39 is 0 Å². The summed E-state index contributed by atoms with van der Waals surface area (Å²) in [6, 6.07) is 10.5. The summed E-state index contributed by atoms with van der Waals surface area (Å²) in [5.41, 5.74) is 1.38. The van der Waals surface area contributed by atoms with Crippen molar-refractivity contribution in [3.05, 3.63) is 60.7 Å². The molecule has 0 unspecified atom stereocenters. The van der Waals surface area contributed by atoms with Gasteiger partial charge in [0.15, 0.2) is 0 Å². The Hall–Kier alpha value is -1.30. The zero-order valence-corrected chi connectivity index (χ0v) is 8.53. The predicted molar refractivity (Wildman–Crippen MR) is 60.8 cm³/mol. The van der Waals surface area contributed by atoms with Crippen molar-refractivity contribution in [2.45, 2.75) is 20.3 Å². The molecule has 1 aromatic rings. The molecule has 0 aromatic heterocycles. The average molecular weight is 174 g/mol. The van der Waals surface area contributed by atoms with E-state index in [0.29, 0.717) is 0 Å². The third-order valence-electron chi connectivity index (χ3n) is 1.43. The van der Waals surface area contributed by atoms with Crippen molar-refractivity contribution >= 4 is 0 Å². The Morgan fingerprint density at radius 2 is 1.69 bits per heavy atom. The Morgan fingerprint density at radius 3 is 2.15 bits per heavy atom. The molecule has 0 saturated heterocycles.